The molecule has 126 heavy (non-hydrogen) atoms. The SMILES string of the molecule is CC(C)(C)OC(=O)N1CCc2cc(N)ccc2C1.CC(C)n1c(=O)c2cnc(Nc3ccc4c(c3)CCN(C(=O)OC(C)(C)C)C4)nc2n1-c1cccc(N(C)S(C)(=O)=O)n1.CC(C)n1c(=O)c2cnc(Nc3ccc4c(c3)CCNC4)nc2n1-c1cccc(N(C)S(C)(=O)=O)n1.CSc1ncc2c(=O)n(C(C)C)n(-c3cccc(N(C)S(C)(=O)=O)n3)c2n1.Cl.Cl. The Morgan fingerprint density at radius 1 is 0.476 bits per heavy atom. The Kier molecular flexibility index (Phi) is 29.5. The van der Waals surface area contributed by atoms with E-state index in [1.807, 2.05) is 132 Å². The third-order valence-corrected chi connectivity index (χ3v) is 24.2. The van der Waals surface area contributed by atoms with Gasteiger partial charge in [0.1, 0.15) is 44.8 Å². The molecule has 0 saturated heterocycles. The number of fused-ring (bicyclic) bond motifs is 6. The molecule has 3 aliphatic heterocycles. The number of sulfonamides is 3. The number of pyridine rings is 3. The van der Waals surface area contributed by atoms with Gasteiger partial charge in [-0.1, -0.05) is 48.2 Å². The predicted molar refractivity (Wildman–Crippen MR) is 496 cm³/mol. The van der Waals surface area contributed by atoms with Crippen molar-refractivity contribution in [3.8, 4) is 17.5 Å². The van der Waals surface area contributed by atoms with Gasteiger partial charge in [0, 0.05) is 108 Å². The van der Waals surface area contributed by atoms with Crippen LogP contribution >= 0.6 is 36.6 Å². The maximum absolute atomic E-state index is 13.4. The van der Waals surface area contributed by atoms with Crippen molar-refractivity contribution in [2.75, 3.05) is 95.1 Å². The number of hydrogen-bond donors (Lipinski definition) is 4. The second-order valence-corrected chi connectivity index (χ2v) is 39.7. The number of carbonyl (C=O) groups excluding carboxylic acids is 2. The number of nitrogen functional groups attached to an aromatic ring is 1. The lowest BCUT2D eigenvalue weighted by molar-refractivity contribution is 0.0214. The summed E-state index contributed by atoms with van der Waals surface area (Å²) in [5, 5.41) is 11.4. The van der Waals surface area contributed by atoms with Gasteiger partial charge in [0.15, 0.2) is 39.6 Å². The third-order valence-electron chi connectivity index (χ3n) is 20.1. The van der Waals surface area contributed by atoms with E-state index in [2.05, 4.69) is 68.0 Å². The summed E-state index contributed by atoms with van der Waals surface area (Å²) in [4.78, 5) is 108. The summed E-state index contributed by atoms with van der Waals surface area (Å²) < 4.78 is 95.7. The van der Waals surface area contributed by atoms with E-state index in [4.69, 9.17) is 20.2 Å². The van der Waals surface area contributed by atoms with Gasteiger partial charge in [-0.15, -0.1) is 24.8 Å². The van der Waals surface area contributed by atoms with Gasteiger partial charge in [0.05, 0.1) is 18.8 Å². The average molecular weight is 1850 g/mol. The van der Waals surface area contributed by atoms with Crippen LogP contribution in [-0.4, -0.2) is 197 Å². The molecule has 9 aromatic heterocycles. The van der Waals surface area contributed by atoms with Crippen molar-refractivity contribution in [2.24, 2.45) is 0 Å². The molecule has 15 rings (SSSR count). The Hall–Kier alpha value is -11.8. The predicted octanol–water partition coefficient (Wildman–Crippen LogP) is 11.4. The van der Waals surface area contributed by atoms with Crippen molar-refractivity contribution < 1.29 is 44.3 Å². The molecule has 12 aromatic rings. The zero-order chi connectivity index (χ0) is 90.1. The molecule has 0 radical (unpaired) electrons. The van der Waals surface area contributed by atoms with E-state index >= 15 is 0 Å². The molecular formula is C83H106Cl2N24O13S4. The minimum absolute atomic E-state index is 0. The lowest BCUT2D eigenvalue weighted by Crippen LogP contribution is -2.39. The van der Waals surface area contributed by atoms with Crippen molar-refractivity contribution in [1.29, 1.82) is 0 Å². The topological polar surface area (TPSA) is 430 Å². The van der Waals surface area contributed by atoms with Gasteiger partial charge in [-0.05, 0) is 221 Å². The van der Waals surface area contributed by atoms with E-state index in [1.165, 1.54) is 77.5 Å². The normalized spacial score (nSPS) is 13.3. The van der Waals surface area contributed by atoms with Gasteiger partial charge >= 0.3 is 12.2 Å². The molecule has 0 bridgehead atoms. The minimum Gasteiger partial charge on any atom is -0.444 e. The molecule has 43 heteroatoms. The van der Waals surface area contributed by atoms with Crippen LogP contribution in [0.3, 0.4) is 0 Å². The maximum Gasteiger partial charge on any atom is 0.410 e. The van der Waals surface area contributed by atoms with E-state index in [9.17, 15) is 49.2 Å². The second-order valence-electron chi connectivity index (χ2n) is 32.9. The molecule has 5 N–H and O–H groups in total. The summed E-state index contributed by atoms with van der Waals surface area (Å²) in [7, 11) is -6.25. The molecule has 674 valence electrons. The monoisotopic (exact) mass is 1840 g/mol. The summed E-state index contributed by atoms with van der Waals surface area (Å²) in [6.45, 7) is 26.5. The minimum atomic E-state index is -3.55. The second kappa shape index (κ2) is 38.6. The van der Waals surface area contributed by atoms with Crippen LogP contribution < -0.4 is 51.3 Å². The molecule has 37 nitrogen and oxygen atoms in total. The first-order valence-electron chi connectivity index (χ1n) is 39.9. The molecule has 0 aliphatic carbocycles. The van der Waals surface area contributed by atoms with Gasteiger partial charge in [0.2, 0.25) is 42.0 Å². The molecule has 0 spiro atoms. The first kappa shape index (κ1) is 96.5. The Bertz CT molecular complexity index is 6640. The summed E-state index contributed by atoms with van der Waals surface area (Å²) >= 11 is 1.37. The fourth-order valence-corrected chi connectivity index (χ4v) is 15.5. The number of hydrogen-bond acceptors (Lipinski definition) is 27. The number of nitrogens with zero attached hydrogens (tertiary/aromatic N) is 20. The number of aromatic nitrogens is 15. The summed E-state index contributed by atoms with van der Waals surface area (Å²) in [5.74, 6) is 2.41. The first-order valence-corrected chi connectivity index (χ1v) is 46.6. The highest BCUT2D eigenvalue weighted by Crippen LogP contribution is 2.32. The van der Waals surface area contributed by atoms with Crippen LogP contribution in [0.15, 0.2) is 147 Å². The van der Waals surface area contributed by atoms with Gasteiger partial charge in [-0.25, -0.2) is 97.8 Å². The molecule has 12 heterocycles. The summed E-state index contributed by atoms with van der Waals surface area (Å²) in [6.07, 6.45) is 11.5. The standard InChI is InChI=1S/C29H36N8O5S.C24H28N8O3S.C16H20N6O3S2.C14H20N2O2.2ClH/c1-18(2)36-26(38)22-16-30-27(33-25(22)37(36)24-10-8-9-23(32-24)34(6)43(7,40)41)31-21-12-11-20-17-35(14-13-19(20)15-21)28(39)42-29(3,4)5;1-15(2)31-23(33)19-14-26-24(27-18-9-8-17-13-25-11-10-16(17)12-18)29-22(19)32(31)21-7-5-6-20(28-21)30(3)36(4,34)35;1-10(2)21-15(23)11-9-17-16(26-4)19-14(11)22(21)13-8-6-7-12(18-13)20(3)27(5,24)25;1-14(2,3)18-13(17)16-7-6-10-8-12(15)5-4-11(10)9-16;;/h8-12,15-16,18H,13-14,17H2,1-7H3,(H,30,31,33);5-9,12,14-15,25H,10-11,13H2,1-4H3,(H,26,27,29);6-10H,1-5H3;4-5,8H,6-7,9,15H2,1-3H3;2*1H. The van der Waals surface area contributed by atoms with Crippen molar-refractivity contribution in [3.05, 3.63) is 192 Å². The first-order chi connectivity index (χ1) is 58.2. The molecule has 3 aromatic carbocycles. The van der Waals surface area contributed by atoms with Crippen molar-refractivity contribution >= 4 is 158 Å². The maximum atomic E-state index is 13.4. The van der Waals surface area contributed by atoms with Crippen molar-refractivity contribution in [1.82, 2.24) is 88.1 Å². The number of amides is 2. The number of nitrogens with two attached hydrogens (primary N) is 1. The summed E-state index contributed by atoms with van der Waals surface area (Å²) in [5.41, 5.74) is 14.6. The van der Waals surface area contributed by atoms with Crippen LogP contribution in [-0.2, 0) is 78.4 Å². The molecule has 0 unspecified atom stereocenters. The zero-order valence-electron chi connectivity index (χ0n) is 73.5. The van der Waals surface area contributed by atoms with Crippen LogP contribution in [0.5, 0.6) is 0 Å². The molecule has 2 amide bonds. The van der Waals surface area contributed by atoms with E-state index in [0.717, 1.165) is 91.4 Å². The fraction of sp³-hybridized carbons (Fsp3) is 0.398. The van der Waals surface area contributed by atoms with E-state index in [-0.39, 0.29) is 95.2 Å². The van der Waals surface area contributed by atoms with Crippen LogP contribution in [0.2, 0.25) is 0 Å². The Morgan fingerprint density at radius 3 is 1.19 bits per heavy atom. The third kappa shape index (κ3) is 22.0. The molecule has 3 aliphatic rings. The molecule has 0 fully saturated rings. The van der Waals surface area contributed by atoms with Crippen LogP contribution in [0, 0.1) is 0 Å². The highest BCUT2D eigenvalue weighted by Gasteiger charge is 2.31. The molecule has 0 atom stereocenters. The van der Waals surface area contributed by atoms with E-state index < -0.39 is 41.3 Å². The van der Waals surface area contributed by atoms with Gasteiger partial charge < -0.3 is 41.0 Å². The summed E-state index contributed by atoms with van der Waals surface area (Å²) in [6, 6.07) is 32.2. The smallest absolute Gasteiger partial charge is 0.410 e. The molecule has 0 saturated carbocycles. The number of anilines is 8. The lowest BCUT2D eigenvalue weighted by Gasteiger charge is -2.31. The lowest BCUT2D eigenvalue weighted by atomic mass is 9.99. The van der Waals surface area contributed by atoms with Crippen LogP contribution in [0.25, 0.3) is 50.6 Å². The highest BCUT2D eigenvalue weighted by atomic mass is 35.5. The Balaban J connectivity index is 0.000000182. The average Bonchev–Trinajstić information content (AvgIpc) is 1.61. The fourth-order valence-electron chi connectivity index (χ4n) is 13.9. The van der Waals surface area contributed by atoms with Gasteiger partial charge in [-0.3, -0.25) is 27.3 Å². The number of halogens is 2. The number of rotatable bonds is 17. The Morgan fingerprint density at radius 2 is 0.825 bits per heavy atom. The highest BCUT2D eigenvalue weighted by molar-refractivity contribution is 7.98. The quantitative estimate of drug-likeness (QED) is 0.0374. The number of carbonyl (C=O) groups is 2. The largest absolute Gasteiger partial charge is 0.444 e. The van der Waals surface area contributed by atoms with Gasteiger partial charge in [-0.2, -0.15) is 9.97 Å². The van der Waals surface area contributed by atoms with E-state index in [0.29, 0.717) is 94.3 Å². The number of ether oxygens (including phenoxy) is 2. The number of thioether (sulfide) groups is 1. The van der Waals surface area contributed by atoms with Gasteiger partial charge in [0.25, 0.3) is 16.7 Å². The van der Waals surface area contributed by atoms with Crippen molar-refractivity contribution in [2.45, 2.75) is 156 Å². The number of benzene rings is 3. The molecular weight excluding hydrogens is 1740 g/mol. The Labute approximate surface area is 747 Å². The zero-order valence-corrected chi connectivity index (χ0v) is 78.4. The van der Waals surface area contributed by atoms with Crippen LogP contribution in [0.1, 0.15) is 135 Å². The van der Waals surface area contributed by atoms with E-state index in [1.54, 1.807) is 83.1 Å². The number of nitrogens with one attached hydrogen (secondary N) is 3. The van der Waals surface area contributed by atoms with Crippen LogP contribution in [0.4, 0.5) is 56.0 Å². The van der Waals surface area contributed by atoms with Crippen molar-refractivity contribution in [3.63, 3.8) is 0 Å².